The molecule has 2 N–H and O–H groups in total. The van der Waals surface area contributed by atoms with E-state index >= 15 is 0 Å². The molecule has 13 nitrogen and oxygen atoms in total. The Balaban J connectivity index is 1.54. The van der Waals surface area contributed by atoms with Gasteiger partial charge in [0.2, 0.25) is 5.88 Å². The number of amides is 1. The smallest absolute Gasteiger partial charge is 0.280 e. The highest BCUT2D eigenvalue weighted by atomic mass is 32.2. The number of nitrogens with one attached hydrogen (secondary N) is 2. The Hall–Kier alpha value is -4.05. The summed E-state index contributed by atoms with van der Waals surface area (Å²) in [6.07, 6.45) is 3.49. The van der Waals surface area contributed by atoms with Crippen LogP contribution in [0.2, 0.25) is 0 Å². The third kappa shape index (κ3) is 8.47. The lowest BCUT2D eigenvalue weighted by atomic mass is 10.1. The topological polar surface area (TPSA) is 167 Å². The molecule has 4 rings (SSSR count). The first kappa shape index (κ1) is 29.9. The van der Waals surface area contributed by atoms with Crippen LogP contribution in [0.1, 0.15) is 17.8 Å². The van der Waals surface area contributed by atoms with E-state index in [2.05, 4.69) is 35.7 Å². The standard InChI is InChI=1S/C26H29N7O6S2/c1-27-13-15-38-22-10-9-20-25(31-22)40-26(30-20)32-24(34)23(33-39-17-21-28-11-3-12-29-21)18-5-7-19(8-6-18)41(35,36)16-4-14-37-2/h3,5-12,27H,4,13-17H2,1-2H3,(H,30,32,34)/b33-23+. The number of benzene rings is 1. The van der Waals surface area contributed by atoms with E-state index in [1.807, 2.05) is 7.05 Å². The molecule has 0 spiro atoms. The molecule has 1 amide bonds. The number of methoxy groups -OCH3 is 1. The van der Waals surface area contributed by atoms with Crippen molar-refractivity contribution in [1.82, 2.24) is 25.3 Å². The lowest BCUT2D eigenvalue weighted by Gasteiger charge is -2.09. The van der Waals surface area contributed by atoms with Gasteiger partial charge in [0, 0.05) is 44.3 Å². The predicted octanol–water partition coefficient (Wildman–Crippen LogP) is 2.45. The molecule has 0 saturated carbocycles. The van der Waals surface area contributed by atoms with Crippen LogP contribution in [0.25, 0.3) is 10.3 Å². The van der Waals surface area contributed by atoms with E-state index in [4.69, 9.17) is 14.3 Å². The number of sulfone groups is 1. The number of likely N-dealkylation sites (N-methyl/N-ethyl adjacent to an activating group) is 1. The molecule has 3 aromatic heterocycles. The van der Waals surface area contributed by atoms with Gasteiger partial charge in [0.05, 0.1) is 10.6 Å². The molecule has 0 radical (unpaired) electrons. The van der Waals surface area contributed by atoms with Crippen LogP contribution in [-0.4, -0.2) is 79.6 Å². The maximum absolute atomic E-state index is 13.4. The molecule has 4 aromatic rings. The zero-order valence-electron chi connectivity index (χ0n) is 22.4. The normalized spacial score (nSPS) is 11.9. The molecule has 0 unspecified atom stereocenters. The summed E-state index contributed by atoms with van der Waals surface area (Å²) in [5.74, 6) is 0.151. The molecular formula is C26H29N7O6S2. The van der Waals surface area contributed by atoms with Crippen LogP contribution in [0.15, 0.2) is 64.9 Å². The van der Waals surface area contributed by atoms with Gasteiger partial charge in [-0.25, -0.2) is 28.4 Å². The van der Waals surface area contributed by atoms with Crippen molar-refractivity contribution in [1.29, 1.82) is 0 Å². The van der Waals surface area contributed by atoms with E-state index in [0.29, 0.717) is 58.9 Å². The van der Waals surface area contributed by atoms with Crippen LogP contribution in [-0.2, 0) is 30.8 Å². The van der Waals surface area contributed by atoms with Crippen LogP contribution in [0, 0.1) is 0 Å². The van der Waals surface area contributed by atoms with Crippen molar-refractivity contribution in [2.75, 3.05) is 45.0 Å². The number of rotatable bonds is 15. The fourth-order valence-electron chi connectivity index (χ4n) is 3.46. The van der Waals surface area contributed by atoms with Crippen molar-refractivity contribution in [2.45, 2.75) is 17.9 Å². The van der Waals surface area contributed by atoms with Gasteiger partial charge < -0.3 is 19.6 Å². The predicted molar refractivity (Wildman–Crippen MR) is 154 cm³/mol. The highest BCUT2D eigenvalue weighted by Crippen LogP contribution is 2.26. The number of ether oxygens (including phenoxy) is 2. The van der Waals surface area contributed by atoms with Crippen molar-refractivity contribution >= 4 is 48.3 Å². The van der Waals surface area contributed by atoms with Crippen molar-refractivity contribution in [3.05, 3.63) is 66.2 Å². The summed E-state index contributed by atoms with van der Waals surface area (Å²) in [5.41, 5.74) is 0.838. The molecule has 41 heavy (non-hydrogen) atoms. The largest absolute Gasteiger partial charge is 0.476 e. The lowest BCUT2D eigenvalue weighted by Crippen LogP contribution is -2.24. The van der Waals surface area contributed by atoms with Crippen molar-refractivity contribution < 1.29 is 27.5 Å². The molecule has 3 heterocycles. The van der Waals surface area contributed by atoms with Gasteiger partial charge in [-0.1, -0.05) is 28.6 Å². The first-order valence-electron chi connectivity index (χ1n) is 12.5. The Bertz CT molecular complexity index is 1580. The van der Waals surface area contributed by atoms with Gasteiger partial charge in [0.15, 0.2) is 33.1 Å². The minimum Gasteiger partial charge on any atom is -0.476 e. The number of pyridine rings is 1. The maximum Gasteiger partial charge on any atom is 0.280 e. The van der Waals surface area contributed by atoms with Crippen molar-refractivity contribution in [3.63, 3.8) is 0 Å². The number of carbonyl (C=O) groups is 1. The molecule has 0 aliphatic rings. The minimum atomic E-state index is -3.52. The zero-order valence-corrected chi connectivity index (χ0v) is 24.1. The number of hydrogen-bond acceptors (Lipinski definition) is 13. The number of hydrogen-bond donors (Lipinski definition) is 2. The summed E-state index contributed by atoms with van der Waals surface area (Å²) in [5, 5.41) is 10.1. The number of oxime groups is 1. The Morgan fingerprint density at radius 3 is 2.56 bits per heavy atom. The molecule has 0 atom stereocenters. The van der Waals surface area contributed by atoms with Gasteiger partial charge in [-0.15, -0.1) is 0 Å². The van der Waals surface area contributed by atoms with Gasteiger partial charge in [-0.3, -0.25) is 10.1 Å². The molecule has 0 fully saturated rings. The fraction of sp³-hybridized carbons (Fsp3) is 0.308. The molecule has 216 valence electrons. The Morgan fingerprint density at radius 1 is 1.05 bits per heavy atom. The highest BCUT2D eigenvalue weighted by molar-refractivity contribution is 7.91. The highest BCUT2D eigenvalue weighted by Gasteiger charge is 2.20. The second-order valence-corrected chi connectivity index (χ2v) is 11.6. The quantitative estimate of drug-likeness (QED) is 0.117. The third-order valence-electron chi connectivity index (χ3n) is 5.48. The van der Waals surface area contributed by atoms with E-state index in [-0.39, 0.29) is 23.0 Å². The fourth-order valence-corrected chi connectivity index (χ4v) is 5.57. The number of carbonyl (C=O) groups excluding carboxylic acids is 1. The average molecular weight is 600 g/mol. The van der Waals surface area contributed by atoms with Crippen LogP contribution in [0.4, 0.5) is 5.13 Å². The van der Waals surface area contributed by atoms with E-state index in [1.165, 1.54) is 42.7 Å². The SMILES string of the molecule is CNCCOc1ccc2nc(NC(=O)/C(=N/OCc3ncccn3)c3ccc(S(=O)(=O)CCCOC)cc3)sc2n1. The average Bonchev–Trinajstić information content (AvgIpc) is 3.37. The summed E-state index contributed by atoms with van der Waals surface area (Å²) in [6.45, 7) is 1.39. The molecule has 0 saturated heterocycles. The van der Waals surface area contributed by atoms with Gasteiger partial charge in [0.1, 0.15) is 17.0 Å². The summed E-state index contributed by atoms with van der Waals surface area (Å²) in [4.78, 5) is 36.5. The molecule has 1 aromatic carbocycles. The van der Waals surface area contributed by atoms with Crippen LogP contribution in [0.5, 0.6) is 5.88 Å². The minimum absolute atomic E-state index is 0.0598. The molecule has 0 aliphatic carbocycles. The number of fused-ring (bicyclic) bond motifs is 1. The Labute approximate surface area is 240 Å². The number of thiazole rings is 1. The Kier molecular flexibility index (Phi) is 10.6. The Morgan fingerprint density at radius 2 is 1.83 bits per heavy atom. The molecule has 0 aliphatic heterocycles. The molecule has 15 heteroatoms. The van der Waals surface area contributed by atoms with Gasteiger partial charge in [0.25, 0.3) is 5.91 Å². The number of aromatic nitrogens is 4. The number of anilines is 1. The summed E-state index contributed by atoms with van der Waals surface area (Å²) in [6, 6.07) is 11.0. The van der Waals surface area contributed by atoms with E-state index < -0.39 is 15.7 Å². The van der Waals surface area contributed by atoms with Crippen LogP contribution in [0.3, 0.4) is 0 Å². The summed E-state index contributed by atoms with van der Waals surface area (Å²) < 4.78 is 35.8. The number of nitrogens with zero attached hydrogens (tertiary/aromatic N) is 5. The lowest BCUT2D eigenvalue weighted by molar-refractivity contribution is -0.110. The zero-order chi connectivity index (χ0) is 29.1. The van der Waals surface area contributed by atoms with Gasteiger partial charge in [-0.2, -0.15) is 0 Å². The summed E-state index contributed by atoms with van der Waals surface area (Å²) in [7, 11) is -0.173. The third-order valence-corrected chi connectivity index (χ3v) is 8.18. The first-order chi connectivity index (χ1) is 19.9. The monoisotopic (exact) mass is 599 g/mol. The van der Waals surface area contributed by atoms with Crippen molar-refractivity contribution in [3.8, 4) is 5.88 Å². The van der Waals surface area contributed by atoms with E-state index in [1.54, 1.807) is 30.6 Å². The summed E-state index contributed by atoms with van der Waals surface area (Å²) >= 11 is 1.17. The first-order valence-corrected chi connectivity index (χ1v) is 15.0. The van der Waals surface area contributed by atoms with Crippen LogP contribution < -0.4 is 15.4 Å². The maximum atomic E-state index is 13.4. The second-order valence-electron chi connectivity index (χ2n) is 8.47. The second kappa shape index (κ2) is 14.5. The van der Waals surface area contributed by atoms with Crippen LogP contribution >= 0.6 is 11.3 Å². The van der Waals surface area contributed by atoms with Crippen molar-refractivity contribution in [2.24, 2.45) is 5.16 Å². The van der Waals surface area contributed by atoms with E-state index in [0.717, 1.165) is 0 Å². The van der Waals surface area contributed by atoms with E-state index in [9.17, 15) is 13.2 Å². The van der Waals surface area contributed by atoms with Gasteiger partial charge >= 0.3 is 0 Å². The molecule has 0 bridgehead atoms. The van der Waals surface area contributed by atoms with Gasteiger partial charge in [-0.05, 0) is 37.7 Å². The molecular weight excluding hydrogens is 570 g/mol.